The van der Waals surface area contributed by atoms with Crippen LogP contribution in [0, 0.1) is 5.92 Å². The van der Waals surface area contributed by atoms with Crippen LogP contribution in [0.2, 0.25) is 0 Å². The van der Waals surface area contributed by atoms with Crippen LogP contribution < -0.4 is 14.2 Å². The number of carbonyl (C=O) groups excluding carboxylic acids is 3. The van der Waals surface area contributed by atoms with E-state index < -0.39 is 0 Å². The fourth-order valence-electron chi connectivity index (χ4n) is 4.34. The Labute approximate surface area is 237 Å². The Balaban J connectivity index is 2.02. The molecule has 0 bridgehead atoms. The van der Waals surface area contributed by atoms with Gasteiger partial charge in [0.05, 0.1) is 25.7 Å². The lowest BCUT2D eigenvalue weighted by Gasteiger charge is -2.25. The van der Waals surface area contributed by atoms with Crippen LogP contribution in [0.3, 0.4) is 0 Å². The normalized spacial score (nSPS) is 10.8. The molecule has 211 valence electrons. The third-order valence-corrected chi connectivity index (χ3v) is 6.26. The van der Waals surface area contributed by atoms with Crippen molar-refractivity contribution in [2.45, 2.75) is 59.3 Å². The number of hydrogen-bond donors (Lipinski definition) is 0. The smallest absolute Gasteiger partial charge is 0.129 e. The van der Waals surface area contributed by atoms with E-state index in [4.69, 9.17) is 14.2 Å². The molecule has 3 aromatic rings. The van der Waals surface area contributed by atoms with Crippen molar-refractivity contribution in [2.75, 3.05) is 19.8 Å². The maximum atomic E-state index is 11.4. The Bertz CT molecular complexity index is 1110. The van der Waals surface area contributed by atoms with Gasteiger partial charge in [0, 0.05) is 36.0 Å². The van der Waals surface area contributed by atoms with Crippen LogP contribution in [0.15, 0.2) is 72.8 Å². The third kappa shape index (κ3) is 9.67. The van der Waals surface area contributed by atoms with Crippen molar-refractivity contribution in [1.29, 1.82) is 0 Å². The lowest BCUT2D eigenvalue weighted by atomic mass is 9.83. The van der Waals surface area contributed by atoms with Gasteiger partial charge >= 0.3 is 0 Å². The second kappa shape index (κ2) is 16.2. The average molecular weight is 544 g/mol. The van der Waals surface area contributed by atoms with Gasteiger partial charge in [-0.2, -0.15) is 0 Å². The zero-order valence-corrected chi connectivity index (χ0v) is 23.7. The Hall–Kier alpha value is -3.93. The second-order valence-electron chi connectivity index (χ2n) is 9.83. The fourth-order valence-corrected chi connectivity index (χ4v) is 4.34. The maximum Gasteiger partial charge on any atom is 0.129 e. The van der Waals surface area contributed by atoms with Crippen LogP contribution in [0.5, 0.6) is 17.2 Å². The predicted molar refractivity (Wildman–Crippen MR) is 156 cm³/mol. The van der Waals surface area contributed by atoms with Crippen molar-refractivity contribution in [3.05, 3.63) is 95.4 Å². The van der Waals surface area contributed by atoms with E-state index >= 15 is 0 Å². The summed E-state index contributed by atoms with van der Waals surface area (Å²) >= 11 is 0. The van der Waals surface area contributed by atoms with E-state index in [9.17, 15) is 14.4 Å². The summed E-state index contributed by atoms with van der Waals surface area (Å²) in [7, 11) is 0. The van der Waals surface area contributed by atoms with Crippen molar-refractivity contribution < 1.29 is 28.6 Å². The minimum absolute atomic E-state index is 0.135. The number of carbonyl (C=O) groups is 3. The first-order valence-corrected chi connectivity index (χ1v) is 13.9. The number of benzene rings is 3. The molecule has 0 heterocycles. The number of ketones is 3. The van der Waals surface area contributed by atoms with Gasteiger partial charge in [0.15, 0.2) is 0 Å². The summed E-state index contributed by atoms with van der Waals surface area (Å²) in [6.07, 6.45) is 3.28. The Morgan fingerprint density at radius 2 is 0.750 bits per heavy atom. The van der Waals surface area contributed by atoms with Gasteiger partial charge in [0.2, 0.25) is 0 Å². The molecule has 0 atom stereocenters. The maximum absolute atomic E-state index is 11.4. The lowest BCUT2D eigenvalue weighted by Crippen LogP contribution is -2.13. The van der Waals surface area contributed by atoms with Crippen molar-refractivity contribution in [2.24, 2.45) is 0 Å². The van der Waals surface area contributed by atoms with E-state index in [0.717, 1.165) is 22.6 Å². The van der Waals surface area contributed by atoms with E-state index in [-0.39, 0.29) is 17.3 Å². The molecule has 0 saturated carbocycles. The topological polar surface area (TPSA) is 78.9 Å². The Kier molecular flexibility index (Phi) is 12.4. The number of rotatable bonds is 18. The molecule has 40 heavy (non-hydrogen) atoms. The zero-order valence-electron chi connectivity index (χ0n) is 23.7. The van der Waals surface area contributed by atoms with Crippen LogP contribution in [-0.2, 0) is 14.4 Å². The van der Waals surface area contributed by atoms with Gasteiger partial charge in [-0.05, 0) is 58.2 Å². The first-order chi connectivity index (χ1) is 19.4. The summed E-state index contributed by atoms with van der Waals surface area (Å²) in [5.41, 5.74) is 2.60. The van der Waals surface area contributed by atoms with Crippen molar-refractivity contribution >= 4 is 17.3 Å². The molecule has 1 radical (unpaired) electrons. The summed E-state index contributed by atoms with van der Waals surface area (Å²) in [5, 5.41) is 0. The number of hydrogen-bond acceptors (Lipinski definition) is 6. The molecule has 3 aromatic carbocycles. The molecule has 6 nitrogen and oxygen atoms in total. The van der Waals surface area contributed by atoms with E-state index in [1.54, 1.807) is 20.8 Å². The number of ether oxygens (including phenoxy) is 3. The molecule has 0 spiro atoms. The van der Waals surface area contributed by atoms with Crippen molar-refractivity contribution in [3.63, 3.8) is 0 Å². The van der Waals surface area contributed by atoms with Crippen LogP contribution in [0.4, 0.5) is 0 Å². The van der Waals surface area contributed by atoms with Crippen LogP contribution >= 0.6 is 0 Å². The van der Waals surface area contributed by atoms with E-state index in [2.05, 4.69) is 0 Å². The van der Waals surface area contributed by atoms with Gasteiger partial charge in [-0.1, -0.05) is 54.6 Å². The summed E-state index contributed by atoms with van der Waals surface area (Å²) in [6.45, 7) is 5.99. The van der Waals surface area contributed by atoms with Crippen LogP contribution in [-0.4, -0.2) is 37.2 Å². The highest BCUT2D eigenvalue weighted by molar-refractivity contribution is 5.76. The molecule has 0 aliphatic carbocycles. The fraction of sp³-hybridized carbons (Fsp3) is 0.353. The van der Waals surface area contributed by atoms with E-state index in [0.29, 0.717) is 75.6 Å². The zero-order chi connectivity index (χ0) is 28.7. The van der Waals surface area contributed by atoms with Crippen LogP contribution in [0.25, 0.3) is 0 Å². The molecule has 0 fully saturated rings. The Morgan fingerprint density at radius 1 is 0.475 bits per heavy atom. The van der Waals surface area contributed by atoms with Gasteiger partial charge in [-0.3, -0.25) is 0 Å². The first-order valence-electron chi connectivity index (χ1n) is 13.9. The quantitative estimate of drug-likeness (QED) is 0.128. The Morgan fingerprint density at radius 3 is 1.02 bits per heavy atom. The average Bonchev–Trinajstić information content (AvgIpc) is 2.93. The predicted octanol–water partition coefficient (Wildman–Crippen LogP) is 6.95. The van der Waals surface area contributed by atoms with Gasteiger partial charge in [0.25, 0.3) is 0 Å². The molecule has 0 saturated heterocycles. The minimum atomic E-state index is 0.135. The second-order valence-corrected chi connectivity index (χ2v) is 9.83. The molecule has 0 amide bonds. The van der Waals surface area contributed by atoms with Gasteiger partial charge in [0.1, 0.15) is 34.6 Å². The number of Topliss-reactive ketones (excluding diaryl/α,β-unsaturated/α-hetero) is 3. The molecule has 3 rings (SSSR count). The monoisotopic (exact) mass is 543 g/mol. The molecule has 0 aromatic heterocycles. The SMILES string of the molecule is CC(=O)CCCOc1ccccc1[C](c1ccccc1OCCCC(C)=O)c1ccccc1OCCCC(C)=O. The molecule has 0 aliphatic rings. The van der Waals surface area contributed by atoms with Gasteiger partial charge in [-0.15, -0.1) is 0 Å². The molecular formula is C34H39O6. The summed E-state index contributed by atoms with van der Waals surface area (Å²) in [4.78, 5) is 34.3. The van der Waals surface area contributed by atoms with E-state index in [1.165, 1.54) is 0 Å². The van der Waals surface area contributed by atoms with E-state index in [1.807, 2.05) is 72.8 Å². The highest BCUT2D eigenvalue weighted by atomic mass is 16.5. The van der Waals surface area contributed by atoms with Crippen molar-refractivity contribution in [3.8, 4) is 17.2 Å². The third-order valence-electron chi connectivity index (χ3n) is 6.26. The summed E-state index contributed by atoms with van der Waals surface area (Å²) in [6, 6.07) is 23.5. The minimum Gasteiger partial charge on any atom is -0.493 e. The molecular weight excluding hydrogens is 504 g/mol. The molecule has 0 aliphatic heterocycles. The highest BCUT2D eigenvalue weighted by Gasteiger charge is 2.27. The standard InChI is InChI=1S/C34H39O6/c1-25(35)13-10-22-38-31-19-7-4-16-28(31)34(29-17-5-8-20-32(29)39-23-11-14-26(2)36)30-18-6-9-21-33(30)40-24-12-15-27(3)37/h4-9,16-21H,10-15,22-24H2,1-3H3. The largest absolute Gasteiger partial charge is 0.493 e. The van der Waals surface area contributed by atoms with Gasteiger partial charge in [-0.25, -0.2) is 0 Å². The van der Waals surface area contributed by atoms with Crippen LogP contribution in [0.1, 0.15) is 76.0 Å². The van der Waals surface area contributed by atoms with Crippen molar-refractivity contribution in [1.82, 2.24) is 0 Å². The van der Waals surface area contributed by atoms with Gasteiger partial charge < -0.3 is 28.6 Å². The molecule has 0 N–H and O–H groups in total. The summed E-state index contributed by atoms with van der Waals surface area (Å²) < 4.78 is 18.6. The highest BCUT2D eigenvalue weighted by Crippen LogP contribution is 2.43. The summed E-state index contributed by atoms with van der Waals surface area (Å²) in [5.74, 6) is 3.37. The molecule has 0 unspecified atom stereocenters. The molecule has 6 heteroatoms. The number of para-hydroxylation sites is 3. The first kappa shape index (κ1) is 30.6. The lowest BCUT2D eigenvalue weighted by molar-refractivity contribution is -0.118.